The van der Waals surface area contributed by atoms with E-state index in [0.717, 1.165) is 18.5 Å². The van der Waals surface area contributed by atoms with Gasteiger partial charge >= 0.3 is 0 Å². The molecule has 5 heteroatoms. The van der Waals surface area contributed by atoms with Crippen LogP contribution in [0.2, 0.25) is 0 Å². The van der Waals surface area contributed by atoms with E-state index in [1.54, 1.807) is 0 Å². The van der Waals surface area contributed by atoms with Crippen LogP contribution in [-0.4, -0.2) is 24.2 Å². The fourth-order valence-electron chi connectivity index (χ4n) is 3.14. The lowest BCUT2D eigenvalue weighted by atomic mass is 9.74. The third-order valence-corrected chi connectivity index (χ3v) is 3.97. The second-order valence-corrected chi connectivity index (χ2v) is 6.46. The number of ether oxygens (including phenoxy) is 1. The Bertz CT molecular complexity index is 469. The minimum atomic E-state index is -2.40. The number of hydrogen-bond donors (Lipinski definition) is 1. The van der Waals surface area contributed by atoms with Crippen LogP contribution in [-0.2, 0) is 17.7 Å². The van der Waals surface area contributed by atoms with Gasteiger partial charge in [-0.05, 0) is 36.8 Å². The van der Waals surface area contributed by atoms with Crippen molar-refractivity contribution in [3.05, 3.63) is 23.0 Å². The first-order valence-corrected chi connectivity index (χ1v) is 7.10. The Morgan fingerprint density at radius 2 is 2.20 bits per heavy atom. The van der Waals surface area contributed by atoms with Gasteiger partial charge < -0.3 is 15.0 Å². The van der Waals surface area contributed by atoms with Crippen LogP contribution in [0.3, 0.4) is 0 Å². The summed E-state index contributed by atoms with van der Waals surface area (Å²) in [5.41, 5.74) is 10.0. The molecule has 1 atom stereocenters. The summed E-state index contributed by atoms with van der Waals surface area (Å²) in [5, 5.41) is 0. The van der Waals surface area contributed by atoms with Gasteiger partial charge in [-0.1, -0.05) is 13.8 Å². The van der Waals surface area contributed by atoms with Gasteiger partial charge in [0.15, 0.2) is 0 Å². The zero-order chi connectivity index (χ0) is 14.9. The van der Waals surface area contributed by atoms with Crippen LogP contribution in [0.1, 0.15) is 43.3 Å². The van der Waals surface area contributed by atoms with Gasteiger partial charge in [-0.25, -0.2) is 8.78 Å². The first-order valence-electron chi connectivity index (χ1n) is 7.10. The molecule has 0 spiro atoms. The Hall–Kier alpha value is -0.940. The number of aromatic nitrogens is 1. The molecule has 0 saturated heterocycles. The molecule has 2 rings (SSSR count). The predicted molar refractivity (Wildman–Crippen MR) is 75.0 cm³/mol. The molecule has 1 aliphatic carbocycles. The van der Waals surface area contributed by atoms with Crippen molar-refractivity contribution in [2.75, 3.05) is 13.2 Å². The first-order chi connectivity index (χ1) is 9.30. The summed E-state index contributed by atoms with van der Waals surface area (Å²) in [6.45, 7) is 6.89. The maximum atomic E-state index is 12.1. The van der Waals surface area contributed by atoms with Crippen LogP contribution in [0.4, 0.5) is 8.78 Å². The molecule has 0 saturated carbocycles. The van der Waals surface area contributed by atoms with Crippen LogP contribution in [0.15, 0.2) is 6.07 Å². The average molecular weight is 286 g/mol. The Balaban J connectivity index is 2.10. The van der Waals surface area contributed by atoms with Crippen molar-refractivity contribution in [3.63, 3.8) is 0 Å². The van der Waals surface area contributed by atoms with Gasteiger partial charge in [0.05, 0.1) is 6.61 Å². The molecule has 1 aromatic rings. The molecule has 1 heterocycles. The van der Waals surface area contributed by atoms with E-state index in [4.69, 9.17) is 10.5 Å². The van der Waals surface area contributed by atoms with Crippen molar-refractivity contribution in [2.45, 2.75) is 52.6 Å². The number of aryl methyl sites for hydroxylation is 1. The Morgan fingerprint density at radius 3 is 2.85 bits per heavy atom. The topological polar surface area (TPSA) is 40.2 Å². The van der Waals surface area contributed by atoms with Crippen molar-refractivity contribution in [1.82, 2.24) is 4.57 Å². The quantitative estimate of drug-likeness (QED) is 0.845. The smallest absolute Gasteiger partial charge is 0.261 e. The summed E-state index contributed by atoms with van der Waals surface area (Å²) in [5.74, 6) is 0. The van der Waals surface area contributed by atoms with E-state index >= 15 is 0 Å². The number of nitrogens with zero attached hydrogens (tertiary/aromatic N) is 1. The van der Waals surface area contributed by atoms with Crippen LogP contribution >= 0.6 is 0 Å². The molecule has 20 heavy (non-hydrogen) atoms. The van der Waals surface area contributed by atoms with Gasteiger partial charge in [0.1, 0.15) is 6.61 Å². The third kappa shape index (κ3) is 3.38. The fraction of sp³-hybridized carbons (Fsp3) is 0.733. The van der Waals surface area contributed by atoms with Gasteiger partial charge in [-0.3, -0.25) is 0 Å². The van der Waals surface area contributed by atoms with E-state index in [1.165, 1.54) is 11.3 Å². The van der Waals surface area contributed by atoms with Gasteiger partial charge in [0.2, 0.25) is 0 Å². The molecule has 2 N–H and O–H groups in total. The average Bonchev–Trinajstić information content (AvgIpc) is 2.60. The SMILES string of the molecule is Cc1cc2c(n1CCOCC(F)F)CC(C)(C)CC2N. The lowest BCUT2D eigenvalue weighted by molar-refractivity contribution is 0.0144. The third-order valence-electron chi connectivity index (χ3n) is 3.97. The van der Waals surface area contributed by atoms with Crippen molar-refractivity contribution < 1.29 is 13.5 Å². The van der Waals surface area contributed by atoms with Crippen molar-refractivity contribution in [3.8, 4) is 0 Å². The monoisotopic (exact) mass is 286 g/mol. The summed E-state index contributed by atoms with van der Waals surface area (Å²) < 4.78 is 31.3. The van der Waals surface area contributed by atoms with Gasteiger partial charge in [-0.2, -0.15) is 0 Å². The lowest BCUT2D eigenvalue weighted by Gasteiger charge is -2.34. The number of fused-ring (bicyclic) bond motifs is 1. The molecule has 0 amide bonds. The minimum absolute atomic E-state index is 0.0654. The van der Waals surface area contributed by atoms with Crippen molar-refractivity contribution >= 4 is 0 Å². The highest BCUT2D eigenvalue weighted by molar-refractivity contribution is 5.34. The molecule has 0 aromatic carbocycles. The molecule has 0 radical (unpaired) electrons. The first kappa shape index (κ1) is 15.4. The number of hydrogen-bond acceptors (Lipinski definition) is 2. The number of rotatable bonds is 5. The van der Waals surface area contributed by atoms with Crippen LogP contribution in [0.25, 0.3) is 0 Å². The zero-order valence-electron chi connectivity index (χ0n) is 12.5. The highest BCUT2D eigenvalue weighted by Gasteiger charge is 2.33. The van der Waals surface area contributed by atoms with Crippen molar-refractivity contribution in [1.29, 1.82) is 0 Å². The molecule has 1 aromatic heterocycles. The second-order valence-electron chi connectivity index (χ2n) is 6.46. The highest BCUT2D eigenvalue weighted by atomic mass is 19.3. The molecule has 0 fully saturated rings. The molecule has 1 aliphatic rings. The van der Waals surface area contributed by atoms with Gasteiger partial charge in [-0.15, -0.1) is 0 Å². The predicted octanol–water partition coefficient (Wildman–Crippen LogP) is 3.05. The summed E-state index contributed by atoms with van der Waals surface area (Å²) >= 11 is 0. The molecule has 0 bridgehead atoms. The Morgan fingerprint density at radius 1 is 1.50 bits per heavy atom. The largest absolute Gasteiger partial charge is 0.374 e. The highest BCUT2D eigenvalue weighted by Crippen LogP contribution is 2.40. The molecule has 114 valence electrons. The minimum Gasteiger partial charge on any atom is -0.374 e. The molecular weight excluding hydrogens is 262 g/mol. The van der Waals surface area contributed by atoms with E-state index in [0.29, 0.717) is 13.2 Å². The molecule has 0 aliphatic heterocycles. The Kier molecular flexibility index (Phi) is 4.49. The number of alkyl halides is 2. The van der Waals surface area contributed by atoms with Crippen LogP contribution in [0.5, 0.6) is 0 Å². The molecule has 1 unspecified atom stereocenters. The summed E-state index contributed by atoms with van der Waals surface area (Å²) in [6.07, 6.45) is -0.452. The van der Waals surface area contributed by atoms with E-state index < -0.39 is 13.0 Å². The fourth-order valence-corrected chi connectivity index (χ4v) is 3.14. The normalized spacial score (nSPS) is 21.2. The molecular formula is C15H24F2N2O. The van der Waals surface area contributed by atoms with E-state index in [1.807, 2.05) is 6.92 Å². The lowest BCUT2D eigenvalue weighted by Crippen LogP contribution is -2.30. The van der Waals surface area contributed by atoms with Gasteiger partial charge in [0, 0.05) is 24.0 Å². The second kappa shape index (κ2) is 5.82. The zero-order valence-corrected chi connectivity index (χ0v) is 12.5. The standard InChI is InChI=1S/C15H24F2N2O/c1-10-6-11-12(18)7-15(2,3)8-13(11)19(10)4-5-20-9-14(16)17/h6,12,14H,4-5,7-9,18H2,1-3H3. The van der Waals surface area contributed by atoms with Crippen LogP contribution in [0, 0.1) is 12.3 Å². The van der Waals surface area contributed by atoms with Crippen LogP contribution < -0.4 is 5.73 Å². The van der Waals surface area contributed by atoms with Gasteiger partial charge in [0.25, 0.3) is 6.43 Å². The Labute approximate surface area is 119 Å². The summed E-state index contributed by atoms with van der Waals surface area (Å²) in [6, 6.07) is 2.19. The summed E-state index contributed by atoms with van der Waals surface area (Å²) in [4.78, 5) is 0. The van der Waals surface area contributed by atoms with E-state index in [9.17, 15) is 8.78 Å². The molecule has 3 nitrogen and oxygen atoms in total. The summed E-state index contributed by atoms with van der Waals surface area (Å²) in [7, 11) is 0. The van der Waals surface area contributed by atoms with Crippen molar-refractivity contribution in [2.24, 2.45) is 11.1 Å². The number of halogens is 2. The maximum absolute atomic E-state index is 12.1. The van der Waals surface area contributed by atoms with E-state index in [-0.39, 0.29) is 11.5 Å². The number of nitrogens with two attached hydrogens (primary N) is 1. The maximum Gasteiger partial charge on any atom is 0.261 e. The van der Waals surface area contributed by atoms with E-state index in [2.05, 4.69) is 24.5 Å².